The highest BCUT2D eigenvalue weighted by Gasteiger charge is 2.50. The molecule has 15 atom stereocenters. The molecule has 7 amide bonds. The molecule has 0 radical (unpaired) electrons. The number of phenols is 1. The lowest BCUT2D eigenvalue weighted by Gasteiger charge is -2.34. The van der Waals surface area contributed by atoms with E-state index in [-0.39, 0.29) is 30.0 Å². The minimum Gasteiger partial charge on any atom is -0.508 e. The number of carbonyl (C=O) groups is 7. The van der Waals surface area contributed by atoms with Crippen LogP contribution in [0.25, 0.3) is 22.3 Å². The summed E-state index contributed by atoms with van der Waals surface area (Å²) in [5, 5.41) is 106. The molecule has 14 N–H and O–H groups in total. The summed E-state index contributed by atoms with van der Waals surface area (Å²) in [5.74, 6) is -8.06. The van der Waals surface area contributed by atoms with Crippen molar-refractivity contribution in [2.24, 2.45) is 5.92 Å². The first-order valence-electron chi connectivity index (χ1n) is 29.8. The Labute approximate surface area is 511 Å². The smallest absolute Gasteiger partial charge is 0.251 e. The number of aliphatic hydroxyl groups is 7. The van der Waals surface area contributed by atoms with Crippen LogP contribution >= 0.6 is 0 Å². The van der Waals surface area contributed by atoms with Gasteiger partial charge in [0.15, 0.2) is 0 Å². The van der Waals surface area contributed by atoms with Crippen molar-refractivity contribution in [2.45, 2.75) is 145 Å². The predicted octanol–water partition coefficient (Wildman–Crippen LogP) is -0.624. The van der Waals surface area contributed by atoms with E-state index in [0.717, 1.165) is 70.9 Å². The number of unbranched alkanes of at least 4 members (excludes halogenated alkanes) is 2. The minimum absolute atomic E-state index is 0.0578. The Balaban J connectivity index is 1.23. The fourth-order valence-corrected chi connectivity index (χ4v) is 11.0. The van der Waals surface area contributed by atoms with Crippen LogP contribution in [0.5, 0.6) is 11.5 Å². The molecule has 0 aliphatic carbocycles. The van der Waals surface area contributed by atoms with Crippen LogP contribution in [-0.2, 0) is 28.8 Å². The summed E-state index contributed by atoms with van der Waals surface area (Å²) >= 11 is 0. The number of ether oxygens (including phenoxy) is 1. The van der Waals surface area contributed by atoms with Crippen LogP contribution in [0.3, 0.4) is 0 Å². The standard InChI is InChI=1S/C63H85N9O16/c1-8-9-10-29-88-45-25-21-40(22-26-45)38-13-11-37(12-14-38)39-15-17-42(18-16-39)57(81)65-46-31-48(77)56(64-27-28-72(5,6)7)69-61(85)52-53(78)34(2)32-71(52)63(87)50(36(4)74)67-60(84)51(55(80)54(79)41-19-23-43(75)24-20-41)68-59(83)47-30-44(76)33-70(47)62(86)49(35(3)73)66-58(46)82/h11-26,34-36,44,46-56,64,73-74,76-80H,8-10,27-33H2,1-7H3,(H5-,65,66,67,68,69,75,81,82,83,84,85)/p+1/t34-,35+,36+,44+,46-,47?,48+,49?,50?,51?,52?,53-,54-,55-,56?/m0/s1. The number of carbonyl (C=O) groups excluding carboxylic acids is 7. The average molecular weight is 1230 g/mol. The fourth-order valence-electron chi connectivity index (χ4n) is 11.0. The van der Waals surface area contributed by atoms with E-state index >= 15 is 0 Å². The van der Waals surface area contributed by atoms with E-state index in [4.69, 9.17) is 4.74 Å². The van der Waals surface area contributed by atoms with E-state index in [1.807, 2.05) is 69.7 Å². The summed E-state index contributed by atoms with van der Waals surface area (Å²) in [7, 11) is 5.64. The first-order chi connectivity index (χ1) is 41.6. The van der Waals surface area contributed by atoms with Crippen molar-refractivity contribution in [2.75, 3.05) is 53.9 Å². The van der Waals surface area contributed by atoms with Crippen LogP contribution in [-0.4, -0.2) is 229 Å². The van der Waals surface area contributed by atoms with Gasteiger partial charge in [-0.15, -0.1) is 0 Å². The van der Waals surface area contributed by atoms with Crippen LogP contribution in [0, 0.1) is 5.92 Å². The molecule has 3 saturated heterocycles. The summed E-state index contributed by atoms with van der Waals surface area (Å²) < 4.78 is 6.26. The zero-order valence-corrected chi connectivity index (χ0v) is 50.7. The Morgan fingerprint density at radius 3 is 1.75 bits per heavy atom. The maximum absolute atomic E-state index is 14.8. The molecular weight excluding hydrogens is 1140 g/mol. The second-order valence-corrected chi connectivity index (χ2v) is 24.3. The molecule has 6 unspecified atom stereocenters. The lowest BCUT2D eigenvalue weighted by molar-refractivity contribution is -0.869. The second kappa shape index (κ2) is 30.1. The number of hydrogen-bond donors (Lipinski definition) is 14. The van der Waals surface area contributed by atoms with Gasteiger partial charge in [-0.1, -0.05) is 87.4 Å². The van der Waals surface area contributed by atoms with E-state index in [1.54, 1.807) is 12.1 Å². The number of aromatic hydroxyl groups is 1. The Kier molecular flexibility index (Phi) is 23.2. The largest absolute Gasteiger partial charge is 0.508 e. The molecule has 25 heteroatoms. The van der Waals surface area contributed by atoms with Crippen LogP contribution in [0.2, 0.25) is 0 Å². The van der Waals surface area contributed by atoms with Gasteiger partial charge >= 0.3 is 0 Å². The highest BCUT2D eigenvalue weighted by molar-refractivity contribution is 6.00. The van der Waals surface area contributed by atoms with Gasteiger partial charge in [-0.2, -0.15) is 0 Å². The third kappa shape index (κ3) is 17.2. The van der Waals surface area contributed by atoms with Gasteiger partial charge in [0.05, 0.1) is 64.8 Å². The van der Waals surface area contributed by atoms with Crippen molar-refractivity contribution >= 4 is 41.4 Å². The molecule has 88 heavy (non-hydrogen) atoms. The molecular formula is C63H86N9O16+. The van der Waals surface area contributed by atoms with Gasteiger partial charge in [0.2, 0.25) is 35.4 Å². The zero-order valence-electron chi connectivity index (χ0n) is 50.7. The fraction of sp³-hybridized carbons (Fsp3) is 0.508. The van der Waals surface area contributed by atoms with Crippen molar-refractivity contribution in [3.8, 4) is 33.8 Å². The SMILES string of the molecule is CCCCCOc1ccc(-c2ccc(-c3ccc(C(=O)N[C@H]4C[C@@H](O)C(NCC[N+](C)(C)C)NC(=O)C5[C@@H](O)[C@@H](C)CN5C(=O)C([C@@H](C)O)NC(=O)C([C@H](O)[C@@H](O)c5ccc(O)cc5)NC(=O)C5C[C@@H](O)CN5C(=O)C([C@@H](C)O)NC4=O)cc3)cc2)cc1. The Morgan fingerprint density at radius 2 is 1.19 bits per heavy atom. The summed E-state index contributed by atoms with van der Waals surface area (Å²) in [6.45, 7) is 6.23. The predicted molar refractivity (Wildman–Crippen MR) is 322 cm³/mol. The average Bonchev–Trinajstić information content (AvgIpc) is 2.08. The third-order valence-corrected chi connectivity index (χ3v) is 16.2. The van der Waals surface area contributed by atoms with Gasteiger partial charge in [-0.25, -0.2) is 0 Å². The number of hydrogen-bond acceptors (Lipinski definition) is 17. The summed E-state index contributed by atoms with van der Waals surface area (Å²) in [5.41, 5.74) is 3.52. The number of benzene rings is 4. The topological polar surface area (TPSA) is 369 Å². The number of nitrogens with one attached hydrogen (secondary N) is 6. The van der Waals surface area contributed by atoms with E-state index in [2.05, 4.69) is 38.8 Å². The number of likely N-dealkylation sites (N-methyl/N-ethyl adjacent to an activating group) is 1. The molecule has 25 nitrogen and oxygen atoms in total. The molecule has 4 aromatic carbocycles. The first kappa shape index (κ1) is 67.9. The number of phenolic OH excluding ortho intramolecular Hbond substituents is 1. The van der Waals surface area contributed by atoms with E-state index in [0.29, 0.717) is 17.6 Å². The van der Waals surface area contributed by atoms with Gasteiger partial charge < -0.3 is 86.5 Å². The normalized spacial score (nSPS) is 26.7. The molecule has 3 fully saturated rings. The van der Waals surface area contributed by atoms with Gasteiger partial charge in [-0.3, -0.25) is 38.9 Å². The summed E-state index contributed by atoms with van der Waals surface area (Å²) in [4.78, 5) is 104. The van der Waals surface area contributed by atoms with Crippen molar-refractivity contribution in [1.82, 2.24) is 41.7 Å². The molecule has 0 bridgehead atoms. The lowest BCUT2D eigenvalue weighted by atomic mass is 9.96. The van der Waals surface area contributed by atoms with Crippen molar-refractivity contribution in [3.05, 3.63) is 108 Å². The van der Waals surface area contributed by atoms with Gasteiger partial charge in [-0.05, 0) is 84.5 Å². The molecule has 0 aromatic heterocycles. The number of quaternary nitrogens is 1. The Bertz CT molecular complexity index is 3040. The van der Waals surface area contributed by atoms with Crippen molar-refractivity contribution in [1.29, 1.82) is 0 Å². The minimum atomic E-state index is -2.28. The van der Waals surface area contributed by atoms with E-state index < -0.39 is 152 Å². The highest BCUT2D eigenvalue weighted by Crippen LogP contribution is 2.30. The quantitative estimate of drug-likeness (QED) is 0.0436. The first-order valence-corrected chi connectivity index (χ1v) is 29.8. The Morgan fingerprint density at radius 1 is 0.659 bits per heavy atom. The number of aliphatic hydroxyl groups excluding tert-OH is 7. The van der Waals surface area contributed by atoms with Crippen molar-refractivity contribution in [3.63, 3.8) is 0 Å². The molecule has 0 spiro atoms. The molecule has 7 rings (SSSR count). The molecule has 4 aromatic rings. The van der Waals surface area contributed by atoms with Crippen LogP contribution in [0.15, 0.2) is 97.1 Å². The third-order valence-electron chi connectivity index (χ3n) is 16.2. The van der Waals surface area contributed by atoms with Crippen LogP contribution in [0.1, 0.15) is 81.8 Å². The van der Waals surface area contributed by atoms with Crippen molar-refractivity contribution < 1.29 is 83.6 Å². The number of rotatable bonds is 18. The maximum Gasteiger partial charge on any atom is 0.251 e. The molecule has 3 heterocycles. The number of nitrogens with zero attached hydrogens (tertiary/aromatic N) is 3. The summed E-state index contributed by atoms with van der Waals surface area (Å²) in [6, 6.07) is 15.5. The maximum atomic E-state index is 14.8. The monoisotopic (exact) mass is 1220 g/mol. The molecule has 0 saturated carbocycles. The van der Waals surface area contributed by atoms with E-state index in [9.17, 15) is 74.4 Å². The van der Waals surface area contributed by atoms with Crippen LogP contribution in [0.4, 0.5) is 0 Å². The van der Waals surface area contributed by atoms with E-state index in [1.165, 1.54) is 43.3 Å². The Hall–Kier alpha value is -7.59. The lowest BCUT2D eigenvalue weighted by Crippen LogP contribution is -2.64. The molecule has 3 aliphatic rings. The highest BCUT2D eigenvalue weighted by atomic mass is 16.5. The molecule has 3 aliphatic heterocycles. The second-order valence-electron chi connectivity index (χ2n) is 24.3. The van der Waals surface area contributed by atoms with Gasteiger partial charge in [0.25, 0.3) is 5.91 Å². The van der Waals surface area contributed by atoms with Crippen LogP contribution < -0.4 is 36.6 Å². The van der Waals surface area contributed by atoms with Gasteiger partial charge in [0.1, 0.15) is 66.1 Å². The number of fused-ring (bicyclic) bond motifs is 2. The zero-order chi connectivity index (χ0) is 64.3. The summed E-state index contributed by atoms with van der Waals surface area (Å²) in [6.07, 6.45) is -12.1. The number of amides is 7. The molecule has 478 valence electrons. The van der Waals surface area contributed by atoms with Gasteiger partial charge in [0, 0.05) is 44.0 Å².